The minimum Gasteiger partial charge on any atom is -0.388 e. The quantitative estimate of drug-likeness (QED) is 0.573. The Bertz CT molecular complexity index is 870. The highest BCUT2D eigenvalue weighted by molar-refractivity contribution is 6.45. The average Bonchev–Trinajstić information content (AvgIpc) is 2.92. The Morgan fingerprint density at radius 2 is 1.79 bits per heavy atom. The summed E-state index contributed by atoms with van der Waals surface area (Å²) in [6.45, 7) is 3.98. The first-order chi connectivity index (χ1) is 13.4. The number of Topliss-reactive ketones (excluding diaryl/α,β-unsaturated/α-hetero) is 3. The lowest BCUT2D eigenvalue weighted by Gasteiger charge is -2.60. The van der Waals surface area contributed by atoms with Crippen LogP contribution in [0.2, 0.25) is 0 Å². The summed E-state index contributed by atoms with van der Waals surface area (Å²) >= 11 is 0. The number of fused-ring (bicyclic) bond motifs is 5. The third-order valence-electron chi connectivity index (χ3n) is 9.04. The molecule has 0 aromatic carbocycles. The highest BCUT2D eigenvalue weighted by Gasteiger charge is 2.71. The Kier molecular flexibility index (Phi) is 4.20. The van der Waals surface area contributed by atoms with Gasteiger partial charge in [-0.05, 0) is 50.5 Å². The van der Waals surface area contributed by atoms with E-state index in [0.29, 0.717) is 24.8 Å². The van der Waals surface area contributed by atoms with Gasteiger partial charge in [0.05, 0.1) is 0 Å². The van der Waals surface area contributed by atoms with E-state index in [1.807, 2.05) is 0 Å². The van der Waals surface area contributed by atoms with Crippen LogP contribution in [0, 0.1) is 28.6 Å². The van der Waals surface area contributed by atoms with Crippen molar-refractivity contribution in [2.45, 2.75) is 64.1 Å². The molecule has 0 amide bonds. The van der Waals surface area contributed by atoms with Crippen LogP contribution in [0.4, 0.5) is 0 Å². The van der Waals surface area contributed by atoms with Gasteiger partial charge in [0.1, 0.15) is 23.6 Å². The molecule has 0 radical (unpaired) electrons. The third kappa shape index (κ3) is 2.19. The lowest BCUT2D eigenvalue weighted by molar-refractivity contribution is -0.184. The molecule has 0 bridgehead atoms. The van der Waals surface area contributed by atoms with Crippen molar-refractivity contribution >= 4 is 23.1 Å². The lowest BCUT2D eigenvalue weighted by atomic mass is 9.43. The first kappa shape index (κ1) is 20.6. The smallest absolute Gasteiger partial charge is 0.234 e. The molecule has 4 aliphatic rings. The molecule has 0 spiro atoms. The SMILES string of the molecule is CC1(O)C(=O)C(=O)C=C2CC[C@@H]3[C@H](C(=O)C[C@@]4(C)[C@H]3CC[C@]4(O)C(=O)CO)[C@]21C. The highest BCUT2D eigenvalue weighted by Crippen LogP contribution is 2.67. The Hall–Kier alpha value is -1.70. The van der Waals surface area contributed by atoms with Crippen molar-refractivity contribution in [2.75, 3.05) is 6.61 Å². The molecule has 7 nitrogen and oxygen atoms in total. The summed E-state index contributed by atoms with van der Waals surface area (Å²) < 4.78 is 0. The zero-order chi connectivity index (χ0) is 21.6. The Labute approximate surface area is 169 Å². The minimum atomic E-state index is -1.99. The number of rotatable bonds is 2. The van der Waals surface area contributed by atoms with Crippen molar-refractivity contribution in [3.63, 3.8) is 0 Å². The first-order valence-corrected chi connectivity index (χ1v) is 10.3. The number of hydrogen-bond acceptors (Lipinski definition) is 7. The van der Waals surface area contributed by atoms with Crippen LogP contribution < -0.4 is 0 Å². The molecular weight excluding hydrogens is 376 g/mol. The van der Waals surface area contributed by atoms with Crippen molar-refractivity contribution in [1.29, 1.82) is 0 Å². The van der Waals surface area contributed by atoms with Gasteiger partial charge in [0.25, 0.3) is 0 Å². The van der Waals surface area contributed by atoms with Gasteiger partial charge < -0.3 is 15.3 Å². The van der Waals surface area contributed by atoms with Crippen LogP contribution in [0.1, 0.15) is 52.9 Å². The van der Waals surface area contributed by atoms with Crippen molar-refractivity contribution < 1.29 is 34.5 Å². The van der Waals surface area contributed by atoms with Gasteiger partial charge >= 0.3 is 0 Å². The monoisotopic (exact) mass is 404 g/mol. The fourth-order valence-electron chi connectivity index (χ4n) is 7.21. The fourth-order valence-corrected chi connectivity index (χ4v) is 7.21. The van der Waals surface area contributed by atoms with Crippen LogP contribution in [0.15, 0.2) is 11.6 Å². The van der Waals surface area contributed by atoms with Crippen molar-refractivity contribution in [3.05, 3.63) is 11.6 Å². The second-order valence-electron chi connectivity index (χ2n) is 9.97. The molecule has 7 atom stereocenters. The van der Waals surface area contributed by atoms with Gasteiger partial charge in [-0.3, -0.25) is 19.2 Å². The van der Waals surface area contributed by atoms with E-state index >= 15 is 0 Å². The molecule has 4 aliphatic carbocycles. The molecule has 0 saturated heterocycles. The third-order valence-corrected chi connectivity index (χ3v) is 9.04. The topological polar surface area (TPSA) is 129 Å². The van der Waals surface area contributed by atoms with E-state index in [0.717, 1.165) is 0 Å². The molecule has 1 unspecified atom stereocenters. The van der Waals surface area contributed by atoms with E-state index in [1.165, 1.54) is 13.0 Å². The molecule has 3 saturated carbocycles. The Morgan fingerprint density at radius 1 is 1.14 bits per heavy atom. The summed E-state index contributed by atoms with van der Waals surface area (Å²) in [6, 6.07) is 0. The van der Waals surface area contributed by atoms with Crippen molar-refractivity contribution in [1.82, 2.24) is 0 Å². The van der Waals surface area contributed by atoms with Crippen LogP contribution in [0.5, 0.6) is 0 Å². The predicted octanol–water partition coefficient (Wildman–Crippen LogP) is 0.530. The van der Waals surface area contributed by atoms with E-state index in [1.54, 1.807) is 13.8 Å². The molecule has 7 heteroatoms. The number of aliphatic hydroxyl groups excluding tert-OH is 1. The normalized spacial score (nSPS) is 49.2. The standard InChI is InChI=1S/C22H28O7/c1-19-9-15(25)17-12(13(19)6-7-22(19,29)16(26)10-23)5-4-11-8-14(24)18(27)21(3,28)20(11,17)2/h8,12-13,17,23,28-29H,4-7,9-10H2,1-3H3/t12-,13-,17+,19-,20-,21?,22-/m0/s1. The zero-order valence-corrected chi connectivity index (χ0v) is 17.0. The molecule has 3 fully saturated rings. The second-order valence-corrected chi connectivity index (χ2v) is 9.97. The summed E-state index contributed by atoms with van der Waals surface area (Å²) in [7, 11) is 0. The largest absolute Gasteiger partial charge is 0.388 e. The molecule has 158 valence electrons. The van der Waals surface area contributed by atoms with Gasteiger partial charge in [-0.15, -0.1) is 0 Å². The maximum absolute atomic E-state index is 13.5. The summed E-state index contributed by atoms with van der Waals surface area (Å²) in [5.74, 6) is -3.57. The molecule has 4 rings (SSSR count). The molecule has 3 N–H and O–H groups in total. The average molecular weight is 404 g/mol. The van der Waals surface area contributed by atoms with Crippen molar-refractivity contribution in [2.24, 2.45) is 28.6 Å². The Balaban J connectivity index is 1.83. The number of hydrogen-bond donors (Lipinski definition) is 3. The number of carbonyl (C=O) groups is 4. The molecule has 0 aromatic heterocycles. The molecular formula is C22H28O7. The lowest BCUT2D eigenvalue weighted by Crippen LogP contribution is -2.67. The summed E-state index contributed by atoms with van der Waals surface area (Å²) in [5, 5.41) is 31.7. The van der Waals surface area contributed by atoms with Crippen LogP contribution in [-0.2, 0) is 19.2 Å². The number of ketones is 4. The summed E-state index contributed by atoms with van der Waals surface area (Å²) in [5.41, 5.74) is -5.31. The second kappa shape index (κ2) is 5.93. The van der Waals surface area contributed by atoms with Gasteiger partial charge in [-0.2, -0.15) is 0 Å². The van der Waals surface area contributed by atoms with Gasteiger partial charge in [0, 0.05) is 23.2 Å². The zero-order valence-electron chi connectivity index (χ0n) is 17.0. The first-order valence-electron chi connectivity index (χ1n) is 10.3. The van der Waals surface area contributed by atoms with Crippen LogP contribution in [-0.4, -0.2) is 56.3 Å². The molecule has 29 heavy (non-hydrogen) atoms. The summed E-state index contributed by atoms with van der Waals surface area (Å²) in [4.78, 5) is 50.5. The van der Waals surface area contributed by atoms with E-state index in [-0.39, 0.29) is 30.5 Å². The van der Waals surface area contributed by atoms with Gasteiger partial charge in [0.2, 0.25) is 11.6 Å². The van der Waals surface area contributed by atoms with E-state index in [4.69, 9.17) is 0 Å². The number of aliphatic hydroxyl groups is 3. The van der Waals surface area contributed by atoms with Crippen LogP contribution in [0.3, 0.4) is 0 Å². The van der Waals surface area contributed by atoms with Gasteiger partial charge in [-0.1, -0.05) is 19.4 Å². The van der Waals surface area contributed by atoms with Crippen LogP contribution >= 0.6 is 0 Å². The summed E-state index contributed by atoms with van der Waals surface area (Å²) in [6.07, 6.45) is 2.98. The van der Waals surface area contributed by atoms with Crippen molar-refractivity contribution in [3.8, 4) is 0 Å². The highest BCUT2D eigenvalue weighted by atomic mass is 16.3. The molecule has 0 aliphatic heterocycles. The maximum Gasteiger partial charge on any atom is 0.234 e. The van der Waals surface area contributed by atoms with Gasteiger partial charge in [-0.25, -0.2) is 0 Å². The predicted molar refractivity (Wildman–Crippen MR) is 101 cm³/mol. The maximum atomic E-state index is 13.5. The van der Waals surface area contributed by atoms with Crippen LogP contribution in [0.25, 0.3) is 0 Å². The van der Waals surface area contributed by atoms with E-state index in [2.05, 4.69) is 0 Å². The molecule has 0 aromatic rings. The van der Waals surface area contributed by atoms with Gasteiger partial charge in [0.15, 0.2) is 5.78 Å². The molecule has 0 heterocycles. The minimum absolute atomic E-state index is 0.0673. The van der Waals surface area contributed by atoms with E-state index < -0.39 is 51.9 Å². The fraction of sp³-hybridized carbons (Fsp3) is 0.727. The number of carbonyl (C=O) groups excluding carboxylic acids is 4. The van der Waals surface area contributed by atoms with E-state index in [9.17, 15) is 34.5 Å². The Morgan fingerprint density at radius 3 is 2.41 bits per heavy atom.